The Morgan fingerprint density at radius 3 is 2.56 bits per heavy atom. The lowest BCUT2D eigenvalue weighted by Gasteiger charge is -2.13. The normalized spacial score (nSPS) is 14.3. The van der Waals surface area contributed by atoms with Gasteiger partial charge in [0.15, 0.2) is 17.2 Å². The summed E-state index contributed by atoms with van der Waals surface area (Å²) in [5.74, 6) is 0.649. The molecule has 0 N–H and O–H groups in total. The maximum Gasteiger partial charge on any atom is 0.363 e. The van der Waals surface area contributed by atoms with Crippen molar-refractivity contribution in [3.8, 4) is 11.5 Å². The quantitative estimate of drug-likeness (QED) is 0.171. The molecule has 0 saturated carbocycles. The Morgan fingerprint density at radius 2 is 1.84 bits per heavy atom. The Morgan fingerprint density at radius 1 is 1.06 bits per heavy atom. The lowest BCUT2D eigenvalue weighted by Crippen LogP contribution is -2.05. The molecule has 162 valence electrons. The summed E-state index contributed by atoms with van der Waals surface area (Å²) in [6.45, 7) is 0.351. The van der Waals surface area contributed by atoms with Gasteiger partial charge in [-0.15, -0.1) is 0 Å². The molecule has 4 rings (SSSR count). The van der Waals surface area contributed by atoms with Crippen molar-refractivity contribution in [3.05, 3.63) is 95.2 Å². The highest BCUT2D eigenvalue weighted by Gasteiger charge is 2.24. The fourth-order valence-corrected chi connectivity index (χ4v) is 4.27. The summed E-state index contributed by atoms with van der Waals surface area (Å²) < 4.78 is 18.9. The van der Waals surface area contributed by atoms with Crippen molar-refractivity contribution < 1.29 is 19.0 Å². The summed E-state index contributed by atoms with van der Waals surface area (Å²) >= 11 is 10.9. The third kappa shape index (κ3) is 5.44. The second kappa shape index (κ2) is 10.2. The smallest absolute Gasteiger partial charge is 0.363 e. The van der Waals surface area contributed by atoms with Crippen LogP contribution in [0.25, 0.3) is 6.08 Å². The van der Waals surface area contributed by atoms with Crippen LogP contribution in [0.1, 0.15) is 16.7 Å². The molecule has 3 aromatic rings. The number of esters is 1. The van der Waals surface area contributed by atoms with Gasteiger partial charge in [0, 0.05) is 12.7 Å². The predicted octanol–water partition coefficient (Wildman–Crippen LogP) is 6.48. The highest BCUT2D eigenvalue weighted by atomic mass is 127. The molecule has 0 aromatic heterocycles. The molecule has 0 bridgehead atoms. The van der Waals surface area contributed by atoms with E-state index in [1.807, 2.05) is 48.5 Å². The first-order chi connectivity index (χ1) is 15.4. The van der Waals surface area contributed by atoms with Crippen molar-refractivity contribution in [1.82, 2.24) is 0 Å². The highest BCUT2D eigenvalue weighted by molar-refractivity contribution is 14.1. The molecule has 8 heteroatoms. The van der Waals surface area contributed by atoms with Crippen LogP contribution in [0.5, 0.6) is 11.5 Å². The van der Waals surface area contributed by atoms with Gasteiger partial charge in [0.1, 0.15) is 6.61 Å². The van der Waals surface area contributed by atoms with E-state index in [1.165, 1.54) is 7.11 Å². The van der Waals surface area contributed by atoms with Gasteiger partial charge in [-0.3, -0.25) is 0 Å². The zero-order valence-electron chi connectivity index (χ0n) is 16.8. The first-order valence-corrected chi connectivity index (χ1v) is 12.0. The van der Waals surface area contributed by atoms with Gasteiger partial charge in [-0.05, 0) is 111 Å². The molecule has 3 aromatic carbocycles. The molecule has 1 aliphatic rings. The second-order valence-corrected chi connectivity index (χ2v) is 9.69. The van der Waals surface area contributed by atoms with Crippen LogP contribution >= 0.6 is 56.8 Å². The first-order valence-electron chi connectivity index (χ1n) is 9.46. The maximum atomic E-state index is 12.3. The maximum absolute atomic E-state index is 12.3. The molecular weight excluding hydrogens is 656 g/mol. The number of benzene rings is 3. The number of nitrogens with zero attached hydrogens (tertiary/aromatic N) is 1. The van der Waals surface area contributed by atoms with Crippen LogP contribution in [0.2, 0.25) is 5.02 Å². The van der Waals surface area contributed by atoms with Crippen LogP contribution in [0.4, 0.5) is 0 Å². The molecule has 0 fully saturated rings. The molecule has 0 spiro atoms. The van der Waals surface area contributed by atoms with Crippen molar-refractivity contribution in [2.75, 3.05) is 7.11 Å². The fourth-order valence-electron chi connectivity index (χ4n) is 3.03. The summed E-state index contributed by atoms with van der Waals surface area (Å²) in [6.07, 6.45) is 1.61. The minimum Gasteiger partial charge on any atom is -0.493 e. The molecule has 0 saturated heterocycles. The van der Waals surface area contributed by atoms with Gasteiger partial charge < -0.3 is 14.2 Å². The molecule has 0 radical (unpaired) electrons. The molecule has 1 aliphatic heterocycles. The number of cyclic esters (lactones) is 1. The third-order valence-corrected chi connectivity index (χ3v) is 6.21. The van der Waals surface area contributed by atoms with E-state index in [4.69, 9.17) is 25.8 Å². The van der Waals surface area contributed by atoms with Crippen molar-refractivity contribution in [2.24, 2.45) is 4.99 Å². The molecule has 0 atom stereocenters. The minimum absolute atomic E-state index is 0.184. The van der Waals surface area contributed by atoms with Gasteiger partial charge in [0.2, 0.25) is 5.90 Å². The van der Waals surface area contributed by atoms with E-state index in [1.54, 1.807) is 18.2 Å². The van der Waals surface area contributed by atoms with E-state index < -0.39 is 5.97 Å². The van der Waals surface area contributed by atoms with E-state index in [9.17, 15) is 4.79 Å². The summed E-state index contributed by atoms with van der Waals surface area (Å²) in [5.41, 5.74) is 2.58. The summed E-state index contributed by atoms with van der Waals surface area (Å²) in [7, 11) is 1.54. The van der Waals surface area contributed by atoms with E-state index in [0.717, 1.165) is 18.3 Å². The van der Waals surface area contributed by atoms with Gasteiger partial charge in [0.05, 0.1) is 12.1 Å². The first kappa shape index (κ1) is 23.1. The van der Waals surface area contributed by atoms with Crippen LogP contribution < -0.4 is 9.47 Å². The third-order valence-electron chi connectivity index (χ3n) is 4.54. The Bertz CT molecular complexity index is 1240. The lowest BCUT2D eigenvalue weighted by atomic mass is 10.1. The zero-order chi connectivity index (χ0) is 22.7. The van der Waals surface area contributed by atoms with Crippen LogP contribution in [0.15, 0.2) is 71.4 Å². The van der Waals surface area contributed by atoms with E-state index >= 15 is 0 Å². The number of halogens is 3. The standard InChI is InChI=1S/C24H16ClI2NO4/c1-30-21-12-15(10-19(25)22(21)31-13-14-3-2-4-18(27)9-14)11-20-24(29)32-23(28-20)16-5-7-17(26)8-6-16/h2-12H,13H2,1H3/b20-11-. The molecular formula is C24H16ClI2NO4. The summed E-state index contributed by atoms with van der Waals surface area (Å²) in [6, 6.07) is 19.0. The van der Waals surface area contributed by atoms with Crippen LogP contribution in [0.3, 0.4) is 0 Å². The van der Waals surface area contributed by atoms with E-state index in [2.05, 4.69) is 50.2 Å². The average molecular weight is 672 g/mol. The van der Waals surface area contributed by atoms with Crippen LogP contribution in [-0.2, 0) is 16.1 Å². The Labute approximate surface area is 217 Å². The van der Waals surface area contributed by atoms with Crippen molar-refractivity contribution in [3.63, 3.8) is 0 Å². The van der Waals surface area contributed by atoms with Gasteiger partial charge in [-0.25, -0.2) is 9.79 Å². The fraction of sp³-hybridized carbons (Fsp3) is 0.0833. The molecule has 1 heterocycles. The number of ether oxygens (including phenoxy) is 3. The number of methoxy groups -OCH3 is 1. The van der Waals surface area contributed by atoms with Gasteiger partial charge >= 0.3 is 5.97 Å². The molecule has 0 aliphatic carbocycles. The number of hydrogen-bond acceptors (Lipinski definition) is 5. The van der Waals surface area contributed by atoms with Crippen molar-refractivity contribution >= 4 is 74.7 Å². The number of carbonyl (C=O) groups excluding carboxylic acids is 1. The molecule has 0 amide bonds. The number of carbonyl (C=O) groups is 1. The van der Waals surface area contributed by atoms with Crippen LogP contribution in [0, 0.1) is 7.14 Å². The topological polar surface area (TPSA) is 57.1 Å². The Hall–Kier alpha value is -2.11. The SMILES string of the molecule is COc1cc(/C=C2\N=C(c3ccc(I)cc3)OC2=O)cc(Cl)c1OCc1cccc(I)c1. The van der Waals surface area contributed by atoms with Crippen molar-refractivity contribution in [2.45, 2.75) is 6.61 Å². The van der Waals surface area contributed by atoms with E-state index in [0.29, 0.717) is 28.7 Å². The van der Waals surface area contributed by atoms with Gasteiger partial charge in [-0.2, -0.15) is 0 Å². The average Bonchev–Trinajstić information content (AvgIpc) is 3.13. The largest absolute Gasteiger partial charge is 0.493 e. The van der Waals surface area contributed by atoms with Gasteiger partial charge in [0.25, 0.3) is 0 Å². The number of aliphatic imine (C=N–C) groups is 1. The van der Waals surface area contributed by atoms with Gasteiger partial charge in [-0.1, -0.05) is 23.7 Å². The van der Waals surface area contributed by atoms with Crippen LogP contribution in [-0.4, -0.2) is 19.0 Å². The number of hydrogen-bond donors (Lipinski definition) is 0. The monoisotopic (exact) mass is 671 g/mol. The summed E-state index contributed by atoms with van der Waals surface area (Å²) in [4.78, 5) is 16.7. The Balaban J connectivity index is 1.59. The molecule has 0 unspecified atom stereocenters. The minimum atomic E-state index is -0.521. The lowest BCUT2D eigenvalue weighted by molar-refractivity contribution is -0.129. The summed E-state index contributed by atoms with van der Waals surface area (Å²) in [5, 5.41) is 0.370. The van der Waals surface area contributed by atoms with Crippen molar-refractivity contribution in [1.29, 1.82) is 0 Å². The van der Waals surface area contributed by atoms with E-state index in [-0.39, 0.29) is 11.6 Å². The second-order valence-electron chi connectivity index (χ2n) is 6.80. The molecule has 32 heavy (non-hydrogen) atoms. The Kier molecular flexibility index (Phi) is 7.37. The number of rotatable bonds is 6. The predicted molar refractivity (Wildman–Crippen MR) is 141 cm³/mol. The highest BCUT2D eigenvalue weighted by Crippen LogP contribution is 2.38. The molecule has 5 nitrogen and oxygen atoms in total. The zero-order valence-corrected chi connectivity index (χ0v) is 21.8.